The summed E-state index contributed by atoms with van der Waals surface area (Å²) in [6, 6.07) is 25.7. The van der Waals surface area contributed by atoms with Crippen LogP contribution in [0, 0.1) is 0 Å². The van der Waals surface area contributed by atoms with Gasteiger partial charge in [-0.15, -0.1) is 0 Å². The summed E-state index contributed by atoms with van der Waals surface area (Å²) in [5.74, 6) is 0.997. The zero-order valence-electron chi connectivity index (χ0n) is 22.4. The third-order valence-electron chi connectivity index (χ3n) is 7.34. The number of ketones is 2. The van der Waals surface area contributed by atoms with Crippen LogP contribution in [0.3, 0.4) is 0 Å². The van der Waals surface area contributed by atoms with E-state index >= 15 is 0 Å². The van der Waals surface area contributed by atoms with Crippen molar-refractivity contribution in [3.05, 3.63) is 107 Å². The van der Waals surface area contributed by atoms with Gasteiger partial charge in [0.15, 0.2) is 11.6 Å². The number of nitrogens with zero attached hydrogens (tertiary/aromatic N) is 3. The van der Waals surface area contributed by atoms with Crippen LogP contribution in [0.2, 0.25) is 0 Å². The van der Waals surface area contributed by atoms with Gasteiger partial charge in [0.05, 0.1) is 18.1 Å². The molecule has 3 aromatic carbocycles. The lowest BCUT2D eigenvalue weighted by Gasteiger charge is -2.38. The number of Topliss-reactive ketones (excluding diaryl/α,β-unsaturated/α-hetero) is 2. The van der Waals surface area contributed by atoms with Gasteiger partial charge in [0, 0.05) is 34.0 Å². The Bertz CT molecular complexity index is 1560. The van der Waals surface area contributed by atoms with Gasteiger partial charge in [-0.05, 0) is 57.5 Å². The number of hydrogen-bond acceptors (Lipinski definition) is 5. The fourth-order valence-corrected chi connectivity index (χ4v) is 5.53. The van der Waals surface area contributed by atoms with Crippen LogP contribution < -0.4 is 4.74 Å². The molecule has 0 spiro atoms. The van der Waals surface area contributed by atoms with E-state index in [0.29, 0.717) is 17.8 Å². The first-order chi connectivity index (χ1) is 18.3. The minimum absolute atomic E-state index is 0.0571. The number of allylic oxidation sites excluding steroid dienone is 4. The van der Waals surface area contributed by atoms with Crippen molar-refractivity contribution in [3.63, 3.8) is 0 Å². The maximum atomic E-state index is 13.2. The van der Waals surface area contributed by atoms with Crippen LogP contribution >= 0.6 is 0 Å². The van der Waals surface area contributed by atoms with E-state index in [4.69, 9.17) is 9.72 Å². The minimum atomic E-state index is -0.444. The van der Waals surface area contributed by atoms with Crippen molar-refractivity contribution >= 4 is 22.6 Å². The van der Waals surface area contributed by atoms with Gasteiger partial charge < -0.3 is 14.2 Å². The van der Waals surface area contributed by atoms with Crippen LogP contribution in [-0.2, 0) is 16.3 Å². The number of para-hydroxylation sites is 2. The molecule has 1 aromatic heterocycles. The second-order valence-corrected chi connectivity index (χ2v) is 9.60. The van der Waals surface area contributed by atoms with Crippen molar-refractivity contribution < 1.29 is 14.3 Å². The van der Waals surface area contributed by atoms with Crippen molar-refractivity contribution in [2.24, 2.45) is 0 Å². The second kappa shape index (κ2) is 10.1. The molecule has 5 rings (SSSR count). The van der Waals surface area contributed by atoms with Crippen LogP contribution in [0.1, 0.15) is 39.2 Å². The Labute approximate surface area is 222 Å². The number of aromatic nitrogens is 2. The van der Waals surface area contributed by atoms with E-state index in [-0.39, 0.29) is 11.6 Å². The van der Waals surface area contributed by atoms with E-state index in [2.05, 4.69) is 15.5 Å². The molecule has 0 N–H and O–H groups in total. The van der Waals surface area contributed by atoms with Gasteiger partial charge in [0.2, 0.25) is 0 Å². The molecule has 0 atom stereocenters. The fourth-order valence-electron chi connectivity index (χ4n) is 5.53. The first kappa shape index (κ1) is 25.2. The van der Waals surface area contributed by atoms with E-state index in [9.17, 15) is 9.59 Å². The summed E-state index contributed by atoms with van der Waals surface area (Å²) in [5, 5.41) is 0. The number of hydrogen-bond donors (Lipinski definition) is 0. The summed E-state index contributed by atoms with van der Waals surface area (Å²) in [5.41, 5.74) is 6.67. The molecule has 0 saturated heterocycles. The summed E-state index contributed by atoms with van der Waals surface area (Å²) in [4.78, 5) is 33.4. The molecule has 4 aromatic rings. The highest BCUT2D eigenvalue weighted by molar-refractivity contribution is 6.03. The maximum absolute atomic E-state index is 13.2. The zero-order valence-corrected chi connectivity index (χ0v) is 22.4. The number of benzene rings is 3. The van der Waals surface area contributed by atoms with Crippen LogP contribution in [0.15, 0.2) is 101 Å². The molecule has 0 unspecified atom stereocenters. The highest BCUT2D eigenvalue weighted by Gasteiger charge is 2.37. The molecule has 1 aliphatic rings. The Balaban J connectivity index is 1.69. The molecular weight excluding hydrogens is 474 g/mol. The van der Waals surface area contributed by atoms with Crippen molar-refractivity contribution in [1.29, 1.82) is 0 Å². The van der Waals surface area contributed by atoms with Crippen molar-refractivity contribution in [3.8, 4) is 17.1 Å². The van der Waals surface area contributed by atoms with E-state index in [1.165, 1.54) is 0 Å². The summed E-state index contributed by atoms with van der Waals surface area (Å²) >= 11 is 0. The third-order valence-corrected chi connectivity index (χ3v) is 7.34. The largest absolute Gasteiger partial charge is 0.497 e. The van der Waals surface area contributed by atoms with Gasteiger partial charge in [-0.1, -0.05) is 54.6 Å². The zero-order chi connectivity index (χ0) is 27.0. The number of fused-ring (bicyclic) bond motifs is 1. The fraction of sp³-hybridized carbons (Fsp3) is 0.219. The lowest BCUT2D eigenvalue weighted by molar-refractivity contribution is -0.114. The lowest BCUT2D eigenvalue weighted by atomic mass is 9.77. The molecule has 0 radical (unpaired) electrons. The molecule has 2 heterocycles. The number of rotatable bonds is 7. The average molecular weight is 506 g/mol. The summed E-state index contributed by atoms with van der Waals surface area (Å²) in [6.07, 6.45) is 0. The molecular formula is C32H31N3O3. The normalized spacial score (nSPS) is 14.4. The van der Waals surface area contributed by atoms with E-state index in [0.717, 1.165) is 45.1 Å². The molecule has 6 heteroatoms. The third kappa shape index (κ3) is 4.32. The van der Waals surface area contributed by atoms with Crippen LogP contribution in [0.25, 0.3) is 22.4 Å². The number of imidazole rings is 1. The predicted octanol–water partition coefficient (Wildman–Crippen LogP) is 6.49. The Morgan fingerprint density at radius 2 is 1.39 bits per heavy atom. The van der Waals surface area contributed by atoms with Gasteiger partial charge in [-0.2, -0.15) is 0 Å². The Kier molecular flexibility index (Phi) is 6.72. The summed E-state index contributed by atoms with van der Waals surface area (Å²) < 4.78 is 7.48. The van der Waals surface area contributed by atoms with Crippen molar-refractivity contribution in [2.45, 2.75) is 40.3 Å². The quantitative estimate of drug-likeness (QED) is 0.287. The Morgan fingerprint density at radius 3 is 1.97 bits per heavy atom. The number of methoxy groups -OCH3 is 1. The molecule has 6 nitrogen and oxygen atoms in total. The van der Waals surface area contributed by atoms with E-state index < -0.39 is 5.92 Å². The van der Waals surface area contributed by atoms with Gasteiger partial charge in [-0.3, -0.25) is 9.59 Å². The molecule has 0 saturated carbocycles. The molecule has 0 bridgehead atoms. The summed E-state index contributed by atoms with van der Waals surface area (Å²) in [7, 11) is 1.62. The molecule has 38 heavy (non-hydrogen) atoms. The highest BCUT2D eigenvalue weighted by atomic mass is 16.5. The van der Waals surface area contributed by atoms with E-state index in [1.807, 2.05) is 86.6 Å². The smallest absolute Gasteiger partial charge is 0.158 e. The monoisotopic (exact) mass is 505 g/mol. The van der Waals surface area contributed by atoms with Crippen LogP contribution in [0.4, 0.5) is 0 Å². The maximum Gasteiger partial charge on any atom is 0.158 e. The Hall–Kier alpha value is -4.45. The van der Waals surface area contributed by atoms with Gasteiger partial charge >= 0.3 is 0 Å². The topological polar surface area (TPSA) is 64.4 Å². The van der Waals surface area contributed by atoms with Gasteiger partial charge in [0.1, 0.15) is 18.2 Å². The lowest BCUT2D eigenvalue weighted by Crippen LogP contribution is -2.34. The average Bonchev–Trinajstić information content (AvgIpc) is 3.29. The Morgan fingerprint density at radius 1 is 0.816 bits per heavy atom. The molecule has 0 amide bonds. The highest BCUT2D eigenvalue weighted by Crippen LogP contribution is 2.43. The molecule has 0 aliphatic carbocycles. The van der Waals surface area contributed by atoms with E-state index in [1.54, 1.807) is 21.0 Å². The summed E-state index contributed by atoms with van der Waals surface area (Å²) in [6.45, 7) is 7.50. The molecule has 0 fully saturated rings. The number of ether oxygens (including phenoxy) is 1. The first-order valence-electron chi connectivity index (χ1n) is 12.7. The number of carbonyl (C=O) groups excluding carboxylic acids is 2. The second-order valence-electron chi connectivity index (χ2n) is 9.60. The van der Waals surface area contributed by atoms with Gasteiger partial charge in [-0.25, -0.2) is 4.98 Å². The van der Waals surface area contributed by atoms with Crippen molar-refractivity contribution in [2.75, 3.05) is 7.11 Å². The standard InChI is InChI=1S/C32H31N3O3/c1-20-29(22(3)36)31(24-15-17-26(38-5)18-16-24)30(23(4)37)21(2)34(20)19-35-28-14-10-9-13-27(28)33-32(35)25-11-7-6-8-12-25/h6-18,31H,19H2,1-5H3. The first-order valence-corrected chi connectivity index (χ1v) is 12.7. The number of carbonyl (C=O) groups is 2. The van der Waals surface area contributed by atoms with Crippen LogP contribution in [0.5, 0.6) is 5.75 Å². The molecule has 192 valence electrons. The predicted molar refractivity (Wildman–Crippen MR) is 150 cm³/mol. The SMILES string of the molecule is COc1ccc(C2C(C(C)=O)=C(C)N(Cn3c(-c4ccccc4)nc4ccccc43)C(C)=C2C(C)=O)cc1. The van der Waals surface area contributed by atoms with Crippen molar-refractivity contribution in [1.82, 2.24) is 14.5 Å². The molecule has 1 aliphatic heterocycles. The van der Waals surface area contributed by atoms with Gasteiger partial charge in [0.25, 0.3) is 0 Å². The minimum Gasteiger partial charge on any atom is -0.497 e. The van der Waals surface area contributed by atoms with Crippen LogP contribution in [-0.4, -0.2) is 33.1 Å².